The first-order valence-corrected chi connectivity index (χ1v) is 12.1. The van der Waals surface area contributed by atoms with Crippen molar-refractivity contribution < 1.29 is 0 Å². The van der Waals surface area contributed by atoms with Gasteiger partial charge in [-0.05, 0) is 103 Å². The molecule has 6 aromatic carbocycles. The van der Waals surface area contributed by atoms with Crippen LogP contribution in [0.2, 0.25) is 0 Å². The topological polar surface area (TPSA) is 0 Å². The maximum absolute atomic E-state index is 3.54. The monoisotopic (exact) mass is 448 g/mol. The quantitative estimate of drug-likeness (QED) is 0.138. The number of fused-ring (bicyclic) bond motifs is 4. The molecule has 6 aromatic rings. The standard InChI is InChI=1S/C33H20S/c1-2-10-28-30-19-23-11-6-8-13-25(23)21-32(30)29(17-18-34-27-15-4-3-5-16-27)33-22-26-14-9-7-12-24(26)20-31(28)33/h3-9,11-16,19-22H,1H3. The Bertz CT molecular complexity index is 1740. The van der Waals surface area contributed by atoms with E-state index in [0.29, 0.717) is 0 Å². The molecule has 0 aliphatic rings. The average Bonchev–Trinajstić information content (AvgIpc) is 2.89. The lowest BCUT2D eigenvalue weighted by Gasteiger charge is -2.13. The zero-order valence-electron chi connectivity index (χ0n) is 18.7. The third-order valence-electron chi connectivity index (χ3n) is 6.19. The summed E-state index contributed by atoms with van der Waals surface area (Å²) in [5, 5.41) is 12.9. The van der Waals surface area contributed by atoms with E-state index in [9.17, 15) is 0 Å². The number of thioether (sulfide) groups is 1. The average molecular weight is 449 g/mol. The Labute approximate surface area is 203 Å². The Morgan fingerprint density at radius 1 is 0.500 bits per heavy atom. The van der Waals surface area contributed by atoms with Gasteiger partial charge < -0.3 is 0 Å². The van der Waals surface area contributed by atoms with Crippen molar-refractivity contribution in [2.75, 3.05) is 0 Å². The molecule has 0 amide bonds. The third-order valence-corrected chi connectivity index (χ3v) is 6.90. The summed E-state index contributed by atoms with van der Waals surface area (Å²) in [6.45, 7) is 1.91. The zero-order chi connectivity index (χ0) is 22.9. The molecule has 1 heteroatoms. The molecule has 34 heavy (non-hydrogen) atoms. The fourth-order valence-electron chi connectivity index (χ4n) is 4.62. The van der Waals surface area contributed by atoms with Crippen molar-refractivity contribution in [3.05, 3.63) is 114 Å². The minimum absolute atomic E-state index is 1.06. The lowest BCUT2D eigenvalue weighted by molar-refractivity contribution is 1.47. The third kappa shape index (κ3) is 3.58. The predicted octanol–water partition coefficient (Wildman–Crippen LogP) is 8.77. The first-order chi connectivity index (χ1) is 16.8. The summed E-state index contributed by atoms with van der Waals surface area (Å²) in [6, 6.07) is 36.4. The normalized spacial score (nSPS) is 10.7. The molecule has 0 nitrogen and oxygen atoms in total. The van der Waals surface area contributed by atoms with E-state index in [2.05, 4.69) is 108 Å². The van der Waals surface area contributed by atoms with E-state index in [0.717, 1.165) is 37.6 Å². The first-order valence-electron chi connectivity index (χ1n) is 11.3. The van der Waals surface area contributed by atoms with Crippen LogP contribution in [0.25, 0.3) is 43.1 Å². The van der Waals surface area contributed by atoms with E-state index < -0.39 is 0 Å². The molecule has 0 aliphatic carbocycles. The number of hydrogen-bond acceptors (Lipinski definition) is 1. The predicted molar refractivity (Wildman–Crippen MR) is 148 cm³/mol. The van der Waals surface area contributed by atoms with Crippen LogP contribution in [0.1, 0.15) is 18.1 Å². The van der Waals surface area contributed by atoms with Gasteiger partial charge in [-0.2, -0.15) is 0 Å². The molecule has 6 rings (SSSR count). The summed E-state index contributed by atoms with van der Waals surface area (Å²) >= 11 is 1.56. The van der Waals surface area contributed by atoms with Crippen LogP contribution in [-0.4, -0.2) is 0 Å². The maximum Gasteiger partial charge on any atom is 0.0412 e. The Hall–Kier alpha value is -4.17. The highest BCUT2D eigenvalue weighted by Gasteiger charge is 2.14. The molecule has 0 spiro atoms. The molecule has 0 bridgehead atoms. The van der Waals surface area contributed by atoms with Gasteiger partial charge >= 0.3 is 0 Å². The minimum atomic E-state index is 1.06. The van der Waals surface area contributed by atoms with Gasteiger partial charge in [-0.3, -0.25) is 0 Å². The van der Waals surface area contributed by atoms with Gasteiger partial charge in [-0.1, -0.05) is 78.6 Å². The van der Waals surface area contributed by atoms with Crippen LogP contribution in [0, 0.1) is 23.0 Å². The first kappa shape index (κ1) is 20.4. The fraction of sp³-hybridized carbons (Fsp3) is 0.0303. The van der Waals surface area contributed by atoms with Crippen molar-refractivity contribution in [2.45, 2.75) is 11.8 Å². The Morgan fingerprint density at radius 2 is 0.912 bits per heavy atom. The summed E-state index contributed by atoms with van der Waals surface area (Å²) in [5.41, 5.74) is 2.14. The molecule has 0 fully saturated rings. The lowest BCUT2D eigenvalue weighted by atomic mass is 9.89. The molecular weight excluding hydrogens is 428 g/mol. The van der Waals surface area contributed by atoms with Gasteiger partial charge in [0.2, 0.25) is 0 Å². The second-order valence-corrected chi connectivity index (χ2v) is 9.14. The lowest BCUT2D eigenvalue weighted by Crippen LogP contribution is -1.92. The number of hydrogen-bond donors (Lipinski definition) is 0. The van der Waals surface area contributed by atoms with Crippen LogP contribution < -0.4 is 0 Å². The van der Waals surface area contributed by atoms with Crippen molar-refractivity contribution >= 4 is 54.9 Å². The van der Waals surface area contributed by atoms with E-state index in [4.69, 9.17) is 0 Å². The van der Waals surface area contributed by atoms with Crippen LogP contribution >= 0.6 is 11.8 Å². The van der Waals surface area contributed by atoms with Gasteiger partial charge in [0.1, 0.15) is 0 Å². The summed E-state index contributed by atoms with van der Waals surface area (Å²) in [6.07, 6.45) is 0. The Balaban J connectivity index is 1.74. The summed E-state index contributed by atoms with van der Waals surface area (Å²) < 4.78 is 0. The smallest absolute Gasteiger partial charge is 0.0412 e. The Morgan fingerprint density at radius 3 is 1.35 bits per heavy atom. The van der Waals surface area contributed by atoms with Crippen molar-refractivity contribution in [2.24, 2.45) is 0 Å². The second-order valence-electron chi connectivity index (χ2n) is 8.26. The van der Waals surface area contributed by atoms with E-state index in [1.165, 1.54) is 21.5 Å². The van der Waals surface area contributed by atoms with Crippen molar-refractivity contribution in [3.8, 4) is 23.0 Å². The number of rotatable bonds is 1. The zero-order valence-corrected chi connectivity index (χ0v) is 19.5. The molecule has 0 saturated heterocycles. The Kier molecular flexibility index (Phi) is 5.20. The molecule has 0 radical (unpaired) electrons. The summed E-state index contributed by atoms with van der Waals surface area (Å²) in [4.78, 5) is 1.15. The van der Waals surface area contributed by atoms with Crippen molar-refractivity contribution in [1.82, 2.24) is 0 Å². The van der Waals surface area contributed by atoms with Crippen molar-refractivity contribution in [3.63, 3.8) is 0 Å². The SMILES string of the molecule is CC#Cc1c2cc3ccccc3cc2c(C#CSc2ccccc2)c2cc3ccccc3cc12. The molecule has 0 heterocycles. The van der Waals surface area contributed by atoms with E-state index in [1.54, 1.807) is 11.8 Å². The highest BCUT2D eigenvalue weighted by atomic mass is 32.2. The molecular formula is C33H20S. The minimum Gasteiger partial charge on any atom is -0.101 e. The van der Waals surface area contributed by atoms with Gasteiger partial charge in [0.25, 0.3) is 0 Å². The van der Waals surface area contributed by atoms with Crippen LogP contribution in [0.15, 0.2) is 108 Å². The van der Waals surface area contributed by atoms with Gasteiger partial charge in [-0.15, -0.1) is 5.92 Å². The molecule has 0 aliphatic heterocycles. The fourth-order valence-corrected chi connectivity index (χ4v) is 5.18. The molecule has 0 atom stereocenters. The number of benzene rings is 6. The van der Waals surface area contributed by atoms with Crippen LogP contribution in [0.4, 0.5) is 0 Å². The highest BCUT2D eigenvalue weighted by Crippen LogP contribution is 2.37. The van der Waals surface area contributed by atoms with Gasteiger partial charge in [0, 0.05) is 16.0 Å². The van der Waals surface area contributed by atoms with Crippen molar-refractivity contribution in [1.29, 1.82) is 0 Å². The maximum atomic E-state index is 3.54. The van der Waals surface area contributed by atoms with Crippen LogP contribution in [-0.2, 0) is 0 Å². The van der Waals surface area contributed by atoms with E-state index >= 15 is 0 Å². The molecule has 0 aromatic heterocycles. The summed E-state index contributed by atoms with van der Waals surface area (Å²) in [7, 11) is 0. The van der Waals surface area contributed by atoms with E-state index in [1.807, 2.05) is 25.1 Å². The van der Waals surface area contributed by atoms with Gasteiger partial charge in [0.15, 0.2) is 0 Å². The second kappa shape index (κ2) is 8.64. The van der Waals surface area contributed by atoms with Crippen LogP contribution in [0.5, 0.6) is 0 Å². The summed E-state index contributed by atoms with van der Waals surface area (Å²) in [5.74, 6) is 10.1. The van der Waals surface area contributed by atoms with Gasteiger partial charge in [0.05, 0.1) is 0 Å². The molecule has 0 unspecified atom stereocenters. The van der Waals surface area contributed by atoms with Gasteiger partial charge in [-0.25, -0.2) is 0 Å². The molecule has 0 N–H and O–H groups in total. The van der Waals surface area contributed by atoms with E-state index in [-0.39, 0.29) is 0 Å². The molecule has 0 saturated carbocycles. The molecule has 158 valence electrons. The van der Waals surface area contributed by atoms with Crippen LogP contribution in [0.3, 0.4) is 0 Å². The largest absolute Gasteiger partial charge is 0.101 e. The highest BCUT2D eigenvalue weighted by molar-refractivity contribution is 8.04.